The Balaban J connectivity index is 1.02. The molecule has 0 N–H and O–H groups in total. The van der Waals surface area contributed by atoms with Gasteiger partial charge in [0, 0.05) is 18.2 Å². The van der Waals surface area contributed by atoms with Crippen molar-refractivity contribution in [2.75, 3.05) is 26.4 Å². The molecule has 0 bridgehead atoms. The normalized spacial score (nSPS) is 10.6. The molecule has 322 valence electrons. The van der Waals surface area contributed by atoms with Gasteiger partial charge in [-0.15, -0.1) is 0 Å². The molecule has 0 aliphatic carbocycles. The lowest BCUT2D eigenvalue weighted by molar-refractivity contribution is -0.138. The van der Waals surface area contributed by atoms with Gasteiger partial charge < -0.3 is 28.4 Å². The molecule has 0 heterocycles. The van der Waals surface area contributed by atoms with Gasteiger partial charge in [-0.3, -0.25) is 0 Å². The number of esters is 2. The smallest absolute Gasteiger partial charge is 0.330 e. The van der Waals surface area contributed by atoms with Crippen molar-refractivity contribution in [1.82, 2.24) is 0 Å². The van der Waals surface area contributed by atoms with Crippen LogP contribution in [0.25, 0.3) is 22.3 Å². The lowest BCUT2D eigenvalue weighted by Gasteiger charge is -2.14. The van der Waals surface area contributed by atoms with Crippen LogP contribution in [0.1, 0.15) is 80.9 Å². The van der Waals surface area contributed by atoms with Gasteiger partial charge in [-0.2, -0.15) is 5.26 Å². The first-order valence-corrected chi connectivity index (χ1v) is 21.5. The zero-order valence-corrected chi connectivity index (χ0v) is 35.6. The monoisotopic (exact) mass is 835 g/mol. The van der Waals surface area contributed by atoms with E-state index in [2.05, 4.69) is 79.9 Å². The number of carbonyl (C=O) groups excluding carboxylic acids is 2. The largest absolute Gasteiger partial charge is 0.494 e. The van der Waals surface area contributed by atoms with Gasteiger partial charge in [0.1, 0.15) is 24.7 Å². The number of rotatable bonds is 28. The fraction of sp³-hybridized carbons (Fsp3) is 0.302. The summed E-state index contributed by atoms with van der Waals surface area (Å²) in [5.74, 6) is 2.04. The first kappa shape index (κ1) is 46.3. The third kappa shape index (κ3) is 16.3. The Morgan fingerprint density at radius 3 is 1.23 bits per heavy atom. The molecule has 0 aliphatic heterocycles. The minimum Gasteiger partial charge on any atom is -0.494 e. The van der Waals surface area contributed by atoms with Gasteiger partial charge >= 0.3 is 11.9 Å². The number of nitriles is 1. The van der Waals surface area contributed by atoms with Gasteiger partial charge in [0.25, 0.3) is 0 Å². The summed E-state index contributed by atoms with van der Waals surface area (Å²) in [6, 6.07) is 40.2. The summed E-state index contributed by atoms with van der Waals surface area (Å²) in [7, 11) is 0. The second-order valence-electron chi connectivity index (χ2n) is 14.8. The molecular weight excluding hydrogens is 779 g/mol. The first-order chi connectivity index (χ1) is 30.4. The first-order valence-electron chi connectivity index (χ1n) is 21.5. The molecule has 0 spiro atoms. The average Bonchev–Trinajstić information content (AvgIpc) is 3.32. The maximum Gasteiger partial charge on any atom is 0.330 e. The fourth-order valence-corrected chi connectivity index (χ4v) is 6.52. The van der Waals surface area contributed by atoms with Gasteiger partial charge in [0.15, 0.2) is 11.5 Å². The Labute approximate surface area is 366 Å². The minimum absolute atomic E-state index is 0.317. The van der Waals surface area contributed by atoms with E-state index in [0.29, 0.717) is 56.7 Å². The van der Waals surface area contributed by atoms with E-state index in [1.54, 1.807) is 18.2 Å². The van der Waals surface area contributed by atoms with E-state index in [1.165, 1.54) is 12.2 Å². The highest BCUT2D eigenvalue weighted by atomic mass is 16.5. The van der Waals surface area contributed by atoms with E-state index in [0.717, 1.165) is 109 Å². The van der Waals surface area contributed by atoms with Crippen LogP contribution in [0.4, 0.5) is 0 Å². The number of unbranched alkanes of at least 4 members (excludes halogenated alkanes) is 8. The van der Waals surface area contributed by atoms with Crippen molar-refractivity contribution < 1.29 is 38.0 Å². The third-order valence-electron chi connectivity index (χ3n) is 10.1. The lowest BCUT2D eigenvalue weighted by atomic mass is 10.0. The number of ether oxygens (including phenoxy) is 6. The van der Waals surface area contributed by atoms with Crippen LogP contribution in [0.2, 0.25) is 0 Å². The number of carbonyl (C=O) groups is 2. The third-order valence-corrected chi connectivity index (χ3v) is 10.1. The standard InChI is InChI=1S/C53H57NO8/c1-3-52(55)59-35-13-9-5-7-11-33-57-48-28-24-46(25-29-48)44-20-15-41(16-21-44)39-61-50-32-19-43(38-54)37-51(50)62-40-42-17-22-45(23-18-42)47-26-30-49(31-27-47)58-34-12-8-6-10-14-36-60-53(56)4-2/h3-4,15-32,37H,1-2,5-14,33-36,39-40H2. The number of benzene rings is 5. The topological polar surface area (TPSA) is 113 Å². The van der Waals surface area contributed by atoms with Gasteiger partial charge in [0.2, 0.25) is 0 Å². The SMILES string of the molecule is C=CC(=O)OCCCCCCCOc1ccc(-c2ccc(COc3ccc(C#N)cc3OCc3ccc(-c4ccc(OCCCCCCCOC(=O)C=C)cc4)cc3)cc2)cc1. The summed E-state index contributed by atoms with van der Waals surface area (Å²) in [6.45, 7) is 9.67. The van der Waals surface area contributed by atoms with Crippen LogP contribution in [0.15, 0.2) is 141 Å². The molecule has 9 heteroatoms. The van der Waals surface area contributed by atoms with Crippen molar-refractivity contribution in [2.45, 2.75) is 77.4 Å². The average molecular weight is 836 g/mol. The van der Waals surface area contributed by atoms with E-state index in [9.17, 15) is 14.9 Å². The minimum atomic E-state index is -0.367. The van der Waals surface area contributed by atoms with Gasteiger partial charge in [-0.1, -0.05) is 124 Å². The van der Waals surface area contributed by atoms with Crippen molar-refractivity contribution in [2.24, 2.45) is 0 Å². The van der Waals surface area contributed by atoms with Crippen LogP contribution in [0.3, 0.4) is 0 Å². The van der Waals surface area contributed by atoms with Crippen molar-refractivity contribution in [3.63, 3.8) is 0 Å². The highest BCUT2D eigenvalue weighted by Gasteiger charge is 2.10. The molecule has 0 atom stereocenters. The molecule has 0 fully saturated rings. The molecule has 0 radical (unpaired) electrons. The molecule has 5 rings (SSSR count). The summed E-state index contributed by atoms with van der Waals surface area (Å²) >= 11 is 0. The van der Waals surface area contributed by atoms with Crippen LogP contribution in [0, 0.1) is 11.3 Å². The van der Waals surface area contributed by atoms with E-state index in [1.807, 2.05) is 36.4 Å². The maximum absolute atomic E-state index is 11.1. The van der Waals surface area contributed by atoms with E-state index >= 15 is 0 Å². The van der Waals surface area contributed by atoms with Crippen molar-refractivity contribution in [3.05, 3.63) is 157 Å². The van der Waals surface area contributed by atoms with Crippen LogP contribution < -0.4 is 18.9 Å². The van der Waals surface area contributed by atoms with Gasteiger partial charge in [0.05, 0.1) is 38.1 Å². The Bertz CT molecular complexity index is 2170. The lowest BCUT2D eigenvalue weighted by Crippen LogP contribution is -2.01. The van der Waals surface area contributed by atoms with Gasteiger partial charge in [-0.25, -0.2) is 9.59 Å². The summed E-state index contributed by atoms with van der Waals surface area (Å²) in [6.07, 6.45) is 12.4. The second-order valence-corrected chi connectivity index (χ2v) is 14.8. The van der Waals surface area contributed by atoms with Crippen molar-refractivity contribution in [1.29, 1.82) is 5.26 Å². The summed E-state index contributed by atoms with van der Waals surface area (Å²) in [4.78, 5) is 22.2. The van der Waals surface area contributed by atoms with Crippen molar-refractivity contribution in [3.8, 4) is 51.3 Å². The Morgan fingerprint density at radius 2 is 0.823 bits per heavy atom. The zero-order chi connectivity index (χ0) is 43.6. The molecule has 0 saturated heterocycles. The molecule has 9 nitrogen and oxygen atoms in total. The highest BCUT2D eigenvalue weighted by molar-refractivity contribution is 5.81. The molecule has 5 aromatic carbocycles. The molecule has 0 aliphatic rings. The second kappa shape index (κ2) is 26.4. The van der Waals surface area contributed by atoms with Crippen LogP contribution >= 0.6 is 0 Å². The van der Waals surface area contributed by atoms with Crippen LogP contribution in [-0.4, -0.2) is 38.4 Å². The van der Waals surface area contributed by atoms with Crippen LogP contribution in [0.5, 0.6) is 23.0 Å². The van der Waals surface area contributed by atoms with Gasteiger partial charge in [-0.05, 0) is 95.5 Å². The molecular formula is C53H57NO8. The van der Waals surface area contributed by atoms with E-state index in [4.69, 9.17) is 28.4 Å². The highest BCUT2D eigenvalue weighted by Crippen LogP contribution is 2.31. The Morgan fingerprint density at radius 1 is 0.452 bits per heavy atom. The van der Waals surface area contributed by atoms with Crippen LogP contribution in [-0.2, 0) is 32.3 Å². The molecule has 0 saturated carbocycles. The molecule has 0 aromatic heterocycles. The number of hydrogen-bond donors (Lipinski definition) is 0. The van der Waals surface area contributed by atoms with E-state index < -0.39 is 0 Å². The molecule has 62 heavy (non-hydrogen) atoms. The summed E-state index contributed by atoms with van der Waals surface area (Å²) in [5.41, 5.74) is 6.86. The summed E-state index contributed by atoms with van der Waals surface area (Å²) in [5, 5.41) is 9.57. The Hall–Kier alpha value is -6.79. The summed E-state index contributed by atoms with van der Waals surface area (Å²) < 4.78 is 34.3. The quantitative estimate of drug-likeness (QED) is 0.0276. The zero-order valence-electron chi connectivity index (χ0n) is 35.6. The predicted molar refractivity (Wildman–Crippen MR) is 243 cm³/mol. The molecule has 5 aromatic rings. The maximum atomic E-state index is 11.1. The number of nitrogens with zero attached hydrogens (tertiary/aromatic N) is 1. The predicted octanol–water partition coefficient (Wildman–Crippen LogP) is 12.2. The van der Waals surface area contributed by atoms with Crippen molar-refractivity contribution >= 4 is 11.9 Å². The fourth-order valence-electron chi connectivity index (χ4n) is 6.52. The number of hydrogen-bond acceptors (Lipinski definition) is 9. The molecule has 0 unspecified atom stereocenters. The van der Waals surface area contributed by atoms with E-state index in [-0.39, 0.29) is 11.9 Å². The Kier molecular flexibility index (Phi) is 19.7. The molecule has 0 amide bonds.